The minimum absolute atomic E-state index is 0.0428. The molecule has 0 aliphatic carbocycles. The molecule has 140 valence electrons. The zero-order valence-electron chi connectivity index (χ0n) is 14.5. The van der Waals surface area contributed by atoms with Crippen LogP contribution in [-0.4, -0.2) is 32.0 Å². The van der Waals surface area contributed by atoms with Gasteiger partial charge in [0.1, 0.15) is 16.1 Å². The number of fused-ring (bicyclic) bond motifs is 1. The first-order chi connectivity index (χ1) is 13.4. The van der Waals surface area contributed by atoms with Crippen molar-refractivity contribution < 1.29 is 14.7 Å². The normalized spacial score (nSPS) is 10.9. The number of anilines is 1. The predicted molar refractivity (Wildman–Crippen MR) is 108 cm³/mol. The number of amides is 1. The largest absolute Gasteiger partial charge is 0.478 e. The van der Waals surface area contributed by atoms with Crippen LogP contribution in [0.3, 0.4) is 0 Å². The lowest BCUT2D eigenvalue weighted by molar-refractivity contribution is 0.0699. The lowest BCUT2D eigenvalue weighted by Gasteiger charge is -2.06. The molecule has 4 rings (SSSR count). The SMILES string of the molecule is Cn1nnc2cc(C(=O)Nc3scc(-c4ccc(Cl)cc4)c3C(=O)O)ccc21. The summed E-state index contributed by atoms with van der Waals surface area (Å²) in [4.78, 5) is 24.5. The van der Waals surface area contributed by atoms with Crippen LogP contribution >= 0.6 is 22.9 Å². The average molecular weight is 413 g/mol. The molecule has 0 spiro atoms. The third kappa shape index (κ3) is 3.23. The Morgan fingerprint density at radius 2 is 1.93 bits per heavy atom. The van der Waals surface area contributed by atoms with Crippen molar-refractivity contribution in [2.45, 2.75) is 0 Å². The summed E-state index contributed by atoms with van der Waals surface area (Å²) in [7, 11) is 1.76. The molecular formula is C19H13ClN4O3S. The van der Waals surface area contributed by atoms with Crippen molar-refractivity contribution in [3.05, 3.63) is 64.0 Å². The first-order valence-electron chi connectivity index (χ1n) is 8.15. The molecule has 0 aliphatic heterocycles. The van der Waals surface area contributed by atoms with Gasteiger partial charge >= 0.3 is 5.97 Å². The third-order valence-electron chi connectivity index (χ3n) is 4.26. The van der Waals surface area contributed by atoms with Gasteiger partial charge in [0.25, 0.3) is 5.91 Å². The Morgan fingerprint density at radius 3 is 2.64 bits per heavy atom. The highest BCUT2D eigenvalue weighted by atomic mass is 35.5. The fourth-order valence-corrected chi connectivity index (χ4v) is 3.94. The van der Waals surface area contributed by atoms with Crippen molar-refractivity contribution >= 4 is 50.8 Å². The molecular weight excluding hydrogens is 400 g/mol. The highest BCUT2D eigenvalue weighted by Gasteiger charge is 2.22. The molecule has 1 amide bonds. The van der Waals surface area contributed by atoms with E-state index in [2.05, 4.69) is 15.6 Å². The number of nitrogens with one attached hydrogen (secondary N) is 1. The standard InChI is InChI=1S/C19H13ClN4O3S/c1-24-15-7-4-11(8-14(15)22-23-24)17(25)21-18-16(19(26)27)13(9-28-18)10-2-5-12(20)6-3-10/h2-9H,1H3,(H,21,25)(H,26,27). The Hall–Kier alpha value is -3.23. The Morgan fingerprint density at radius 1 is 1.18 bits per heavy atom. The van der Waals surface area contributed by atoms with Crippen LogP contribution in [0, 0.1) is 0 Å². The van der Waals surface area contributed by atoms with E-state index >= 15 is 0 Å². The molecule has 0 saturated carbocycles. The van der Waals surface area contributed by atoms with Crippen LogP contribution < -0.4 is 5.32 Å². The van der Waals surface area contributed by atoms with Gasteiger partial charge in [0.15, 0.2) is 0 Å². The summed E-state index contributed by atoms with van der Waals surface area (Å²) in [5, 5.41) is 22.8. The molecule has 2 N–H and O–H groups in total. The van der Waals surface area contributed by atoms with E-state index in [1.165, 1.54) is 0 Å². The number of hydrogen-bond acceptors (Lipinski definition) is 5. The van der Waals surface area contributed by atoms with E-state index in [4.69, 9.17) is 11.6 Å². The number of nitrogens with zero attached hydrogens (tertiary/aromatic N) is 3. The monoisotopic (exact) mass is 412 g/mol. The number of aryl methyl sites for hydroxylation is 1. The van der Waals surface area contributed by atoms with Gasteiger partial charge in [-0.25, -0.2) is 9.48 Å². The first kappa shape index (κ1) is 18.1. The van der Waals surface area contributed by atoms with Gasteiger partial charge < -0.3 is 10.4 Å². The van der Waals surface area contributed by atoms with E-state index in [-0.39, 0.29) is 10.6 Å². The molecule has 0 fully saturated rings. The smallest absolute Gasteiger partial charge is 0.339 e. The van der Waals surface area contributed by atoms with Crippen LogP contribution in [-0.2, 0) is 7.05 Å². The van der Waals surface area contributed by atoms with E-state index in [0.29, 0.717) is 27.2 Å². The highest BCUT2D eigenvalue weighted by molar-refractivity contribution is 7.15. The van der Waals surface area contributed by atoms with Gasteiger partial charge in [-0.1, -0.05) is 28.9 Å². The zero-order valence-corrected chi connectivity index (χ0v) is 16.1. The maximum Gasteiger partial charge on any atom is 0.339 e. The van der Waals surface area contributed by atoms with Crippen LogP contribution in [0.4, 0.5) is 5.00 Å². The van der Waals surface area contributed by atoms with E-state index in [1.54, 1.807) is 59.6 Å². The van der Waals surface area contributed by atoms with Gasteiger partial charge in [-0.3, -0.25) is 4.79 Å². The molecule has 0 atom stereocenters. The van der Waals surface area contributed by atoms with Crippen LogP contribution in [0.15, 0.2) is 47.8 Å². The van der Waals surface area contributed by atoms with E-state index in [0.717, 1.165) is 16.9 Å². The highest BCUT2D eigenvalue weighted by Crippen LogP contribution is 2.36. The molecule has 0 radical (unpaired) electrons. The fourth-order valence-electron chi connectivity index (χ4n) is 2.86. The zero-order chi connectivity index (χ0) is 19.8. The number of hydrogen-bond donors (Lipinski definition) is 2. The second-order valence-electron chi connectivity index (χ2n) is 6.04. The molecule has 2 aromatic heterocycles. The summed E-state index contributed by atoms with van der Waals surface area (Å²) in [6.07, 6.45) is 0. The number of carboxylic acid groups (broad SMARTS) is 1. The summed E-state index contributed by atoms with van der Waals surface area (Å²) >= 11 is 7.06. The van der Waals surface area contributed by atoms with Crippen LogP contribution in [0.25, 0.3) is 22.2 Å². The van der Waals surface area contributed by atoms with Crippen LogP contribution in [0.1, 0.15) is 20.7 Å². The number of aromatic nitrogens is 3. The van der Waals surface area contributed by atoms with Crippen molar-refractivity contribution in [1.82, 2.24) is 15.0 Å². The van der Waals surface area contributed by atoms with Crippen molar-refractivity contribution in [3.8, 4) is 11.1 Å². The minimum Gasteiger partial charge on any atom is -0.478 e. The van der Waals surface area contributed by atoms with E-state index in [9.17, 15) is 14.7 Å². The molecule has 0 bridgehead atoms. The molecule has 4 aromatic rings. The molecule has 2 heterocycles. The lowest BCUT2D eigenvalue weighted by Crippen LogP contribution is -2.13. The Bertz CT molecular complexity index is 1210. The molecule has 0 saturated heterocycles. The van der Waals surface area contributed by atoms with Gasteiger partial charge in [-0.15, -0.1) is 16.4 Å². The maximum atomic E-state index is 12.7. The Balaban J connectivity index is 1.67. The van der Waals surface area contributed by atoms with Gasteiger partial charge in [0, 0.05) is 28.6 Å². The first-order valence-corrected chi connectivity index (χ1v) is 9.41. The van der Waals surface area contributed by atoms with Crippen molar-refractivity contribution in [3.63, 3.8) is 0 Å². The number of aromatic carboxylic acids is 1. The van der Waals surface area contributed by atoms with Crippen LogP contribution in [0.2, 0.25) is 5.02 Å². The maximum absolute atomic E-state index is 12.7. The molecule has 28 heavy (non-hydrogen) atoms. The minimum atomic E-state index is -1.12. The number of halogens is 1. The second-order valence-corrected chi connectivity index (χ2v) is 7.35. The lowest BCUT2D eigenvalue weighted by atomic mass is 10.0. The van der Waals surface area contributed by atoms with Gasteiger partial charge in [0.05, 0.1) is 5.52 Å². The summed E-state index contributed by atoms with van der Waals surface area (Å²) in [6, 6.07) is 11.9. The summed E-state index contributed by atoms with van der Waals surface area (Å²) in [6.45, 7) is 0. The second kappa shape index (κ2) is 7.06. The molecule has 0 unspecified atom stereocenters. The molecule has 9 heteroatoms. The molecule has 7 nitrogen and oxygen atoms in total. The molecule has 0 aliphatic rings. The summed E-state index contributed by atoms with van der Waals surface area (Å²) in [5.74, 6) is -1.54. The summed E-state index contributed by atoms with van der Waals surface area (Å²) < 4.78 is 1.61. The number of benzene rings is 2. The quantitative estimate of drug-likeness (QED) is 0.520. The van der Waals surface area contributed by atoms with E-state index < -0.39 is 11.9 Å². The number of thiophene rings is 1. The van der Waals surface area contributed by atoms with Crippen molar-refractivity contribution in [2.24, 2.45) is 7.05 Å². The Labute approximate surface area is 168 Å². The topological polar surface area (TPSA) is 97.1 Å². The van der Waals surface area contributed by atoms with Gasteiger partial charge in [-0.2, -0.15) is 0 Å². The molecule has 2 aromatic carbocycles. The van der Waals surface area contributed by atoms with E-state index in [1.807, 2.05) is 0 Å². The number of carbonyl (C=O) groups is 2. The van der Waals surface area contributed by atoms with Crippen LogP contribution in [0.5, 0.6) is 0 Å². The van der Waals surface area contributed by atoms with Gasteiger partial charge in [-0.05, 0) is 35.9 Å². The number of carbonyl (C=O) groups excluding carboxylic acids is 1. The van der Waals surface area contributed by atoms with Crippen molar-refractivity contribution in [2.75, 3.05) is 5.32 Å². The number of carboxylic acids is 1. The third-order valence-corrected chi connectivity index (χ3v) is 5.41. The average Bonchev–Trinajstić information content (AvgIpc) is 3.26. The number of rotatable bonds is 4. The fraction of sp³-hybridized carbons (Fsp3) is 0.0526. The predicted octanol–water partition coefficient (Wildman–Crippen LogP) is 4.30. The van der Waals surface area contributed by atoms with Crippen molar-refractivity contribution in [1.29, 1.82) is 0 Å². The van der Waals surface area contributed by atoms with Gasteiger partial charge in [0.2, 0.25) is 0 Å². The summed E-state index contributed by atoms with van der Waals surface area (Å²) in [5.41, 5.74) is 3.02. The Kier molecular flexibility index (Phi) is 4.58.